The summed E-state index contributed by atoms with van der Waals surface area (Å²) in [4.78, 5) is 27.5. The van der Waals surface area contributed by atoms with E-state index >= 15 is 0 Å². The van der Waals surface area contributed by atoms with Crippen LogP contribution in [0.15, 0.2) is 72.8 Å². The van der Waals surface area contributed by atoms with Crippen molar-refractivity contribution in [1.82, 2.24) is 0 Å². The highest BCUT2D eigenvalue weighted by molar-refractivity contribution is 6.10. The topological polar surface area (TPSA) is 58.6 Å². The van der Waals surface area contributed by atoms with E-state index in [1.165, 1.54) is 5.56 Å². The molecule has 1 heterocycles. The summed E-state index contributed by atoms with van der Waals surface area (Å²) in [6.45, 7) is 3.17. The van der Waals surface area contributed by atoms with Crippen LogP contribution in [0.1, 0.15) is 33.2 Å². The number of carbonyl (C=O) groups is 2. The van der Waals surface area contributed by atoms with Gasteiger partial charge in [0.15, 0.2) is 0 Å². The van der Waals surface area contributed by atoms with Gasteiger partial charge in [-0.2, -0.15) is 0 Å². The molecule has 1 N–H and O–H groups in total. The van der Waals surface area contributed by atoms with E-state index in [0.717, 1.165) is 17.9 Å². The first kappa shape index (κ1) is 18.7. The molecule has 0 atom stereocenters. The van der Waals surface area contributed by atoms with E-state index in [4.69, 9.17) is 4.74 Å². The van der Waals surface area contributed by atoms with Gasteiger partial charge in [0, 0.05) is 29.0 Å². The van der Waals surface area contributed by atoms with Gasteiger partial charge in [0.1, 0.15) is 5.75 Å². The molecular weight excluding hydrogens is 364 g/mol. The Balaban J connectivity index is 1.50. The van der Waals surface area contributed by atoms with Crippen molar-refractivity contribution >= 4 is 23.2 Å². The maximum atomic E-state index is 13.0. The summed E-state index contributed by atoms with van der Waals surface area (Å²) in [6, 6.07) is 22.0. The summed E-state index contributed by atoms with van der Waals surface area (Å²) in [6.07, 6.45) is 0.847. The molecule has 0 saturated carbocycles. The third-order valence-electron chi connectivity index (χ3n) is 4.93. The molecule has 1 aliphatic rings. The number of nitrogens with one attached hydrogen (secondary N) is 1. The first-order valence-electron chi connectivity index (χ1n) is 9.70. The predicted molar refractivity (Wildman–Crippen MR) is 114 cm³/mol. The van der Waals surface area contributed by atoms with Crippen LogP contribution in [0, 0.1) is 0 Å². The number of carbonyl (C=O) groups excluding carboxylic acids is 2. The Morgan fingerprint density at radius 1 is 0.966 bits per heavy atom. The Morgan fingerprint density at radius 3 is 2.52 bits per heavy atom. The highest BCUT2D eigenvalue weighted by Gasteiger charge is 2.25. The molecule has 0 fully saturated rings. The highest BCUT2D eigenvalue weighted by atomic mass is 16.5. The summed E-state index contributed by atoms with van der Waals surface area (Å²) in [5, 5.41) is 2.86. The highest BCUT2D eigenvalue weighted by Crippen LogP contribution is 2.29. The average Bonchev–Trinajstić information content (AvgIpc) is 3.19. The Morgan fingerprint density at radius 2 is 1.72 bits per heavy atom. The van der Waals surface area contributed by atoms with Crippen LogP contribution in [-0.4, -0.2) is 25.0 Å². The molecule has 1 aliphatic heterocycles. The minimum absolute atomic E-state index is 0.0920. The summed E-state index contributed by atoms with van der Waals surface area (Å²) in [5.74, 6) is 0.403. The van der Waals surface area contributed by atoms with Crippen molar-refractivity contribution in [2.24, 2.45) is 0 Å². The molecule has 0 unspecified atom stereocenters. The van der Waals surface area contributed by atoms with Crippen LogP contribution < -0.4 is 15.0 Å². The van der Waals surface area contributed by atoms with Gasteiger partial charge >= 0.3 is 0 Å². The SMILES string of the molecule is CCOc1ccc(NC(=O)c2cccc(C(=O)N3CCc4ccccc43)c2)cc1. The minimum atomic E-state index is -0.259. The second kappa shape index (κ2) is 8.19. The molecule has 29 heavy (non-hydrogen) atoms. The van der Waals surface area contributed by atoms with Gasteiger partial charge in [-0.1, -0.05) is 24.3 Å². The van der Waals surface area contributed by atoms with Crippen LogP contribution in [0.2, 0.25) is 0 Å². The number of hydrogen-bond donors (Lipinski definition) is 1. The number of ether oxygens (including phenoxy) is 1. The van der Waals surface area contributed by atoms with Gasteiger partial charge in [-0.3, -0.25) is 9.59 Å². The van der Waals surface area contributed by atoms with Gasteiger partial charge in [0.05, 0.1) is 6.61 Å². The van der Waals surface area contributed by atoms with E-state index in [-0.39, 0.29) is 11.8 Å². The third-order valence-corrected chi connectivity index (χ3v) is 4.93. The van der Waals surface area contributed by atoms with Crippen LogP contribution in [0.25, 0.3) is 0 Å². The van der Waals surface area contributed by atoms with Crippen molar-refractivity contribution in [3.05, 3.63) is 89.5 Å². The van der Waals surface area contributed by atoms with E-state index in [1.807, 2.05) is 43.3 Å². The molecule has 5 nitrogen and oxygen atoms in total. The normalized spacial score (nSPS) is 12.4. The Bertz CT molecular complexity index is 1040. The van der Waals surface area contributed by atoms with E-state index < -0.39 is 0 Å². The molecule has 4 rings (SSSR count). The Labute approximate surface area is 169 Å². The first-order valence-corrected chi connectivity index (χ1v) is 9.70. The van der Waals surface area contributed by atoms with E-state index in [0.29, 0.717) is 30.0 Å². The van der Waals surface area contributed by atoms with Crippen LogP contribution in [0.5, 0.6) is 5.75 Å². The fraction of sp³-hybridized carbons (Fsp3) is 0.167. The van der Waals surface area contributed by atoms with Crippen molar-refractivity contribution in [3.63, 3.8) is 0 Å². The van der Waals surface area contributed by atoms with Crippen molar-refractivity contribution < 1.29 is 14.3 Å². The second-order valence-electron chi connectivity index (χ2n) is 6.83. The lowest BCUT2D eigenvalue weighted by Crippen LogP contribution is -2.29. The lowest BCUT2D eigenvalue weighted by atomic mass is 10.1. The second-order valence-corrected chi connectivity index (χ2v) is 6.83. The number of rotatable bonds is 5. The zero-order valence-electron chi connectivity index (χ0n) is 16.2. The van der Waals surface area contributed by atoms with E-state index in [9.17, 15) is 9.59 Å². The molecule has 0 saturated heterocycles. The zero-order valence-corrected chi connectivity index (χ0v) is 16.2. The smallest absolute Gasteiger partial charge is 0.258 e. The number of hydrogen-bond acceptors (Lipinski definition) is 3. The van der Waals surface area contributed by atoms with Crippen LogP contribution in [-0.2, 0) is 6.42 Å². The molecule has 146 valence electrons. The maximum absolute atomic E-state index is 13.0. The van der Waals surface area contributed by atoms with Gasteiger partial charge in [0.2, 0.25) is 0 Å². The fourth-order valence-electron chi connectivity index (χ4n) is 3.50. The Hall–Kier alpha value is -3.60. The predicted octanol–water partition coefficient (Wildman–Crippen LogP) is 4.54. The molecule has 0 aromatic heterocycles. The number of para-hydroxylation sites is 1. The summed E-state index contributed by atoms with van der Waals surface area (Å²) < 4.78 is 5.41. The fourth-order valence-corrected chi connectivity index (χ4v) is 3.50. The third kappa shape index (κ3) is 3.99. The van der Waals surface area contributed by atoms with Crippen molar-refractivity contribution in [1.29, 1.82) is 0 Å². The van der Waals surface area contributed by atoms with Gasteiger partial charge in [0.25, 0.3) is 11.8 Å². The number of amides is 2. The molecule has 0 bridgehead atoms. The lowest BCUT2D eigenvalue weighted by molar-refractivity contribution is 0.0989. The number of anilines is 2. The molecule has 3 aromatic carbocycles. The summed E-state index contributed by atoms with van der Waals surface area (Å²) in [7, 11) is 0. The monoisotopic (exact) mass is 386 g/mol. The van der Waals surface area contributed by atoms with Crippen molar-refractivity contribution in [2.45, 2.75) is 13.3 Å². The minimum Gasteiger partial charge on any atom is -0.494 e. The number of benzene rings is 3. The van der Waals surface area contributed by atoms with Crippen molar-refractivity contribution in [2.75, 3.05) is 23.4 Å². The molecule has 0 aliphatic carbocycles. The molecule has 5 heteroatoms. The number of nitrogens with zero attached hydrogens (tertiary/aromatic N) is 1. The standard InChI is InChI=1S/C24H22N2O3/c1-2-29-21-12-10-20(11-13-21)25-23(27)18-7-5-8-19(16-18)24(28)26-15-14-17-6-3-4-9-22(17)26/h3-13,16H,2,14-15H2,1H3,(H,25,27). The van der Waals surface area contributed by atoms with Gasteiger partial charge in [-0.15, -0.1) is 0 Å². The summed E-state index contributed by atoms with van der Waals surface area (Å²) >= 11 is 0. The van der Waals surface area contributed by atoms with Crippen LogP contribution >= 0.6 is 0 Å². The average molecular weight is 386 g/mol. The quantitative estimate of drug-likeness (QED) is 0.700. The maximum Gasteiger partial charge on any atom is 0.258 e. The zero-order chi connectivity index (χ0) is 20.2. The largest absolute Gasteiger partial charge is 0.494 e. The van der Waals surface area contributed by atoms with Gasteiger partial charge < -0.3 is 15.0 Å². The van der Waals surface area contributed by atoms with Crippen LogP contribution in [0.4, 0.5) is 11.4 Å². The van der Waals surface area contributed by atoms with Crippen LogP contribution in [0.3, 0.4) is 0 Å². The number of fused-ring (bicyclic) bond motifs is 1. The molecule has 3 aromatic rings. The van der Waals surface area contributed by atoms with Crippen molar-refractivity contribution in [3.8, 4) is 5.75 Å². The molecule has 2 amide bonds. The first-order chi connectivity index (χ1) is 14.2. The molecule has 0 spiro atoms. The summed E-state index contributed by atoms with van der Waals surface area (Å²) in [5.41, 5.74) is 3.73. The molecule has 0 radical (unpaired) electrons. The molecular formula is C24H22N2O3. The Kier molecular flexibility index (Phi) is 5.29. The van der Waals surface area contributed by atoms with E-state index in [2.05, 4.69) is 5.32 Å². The van der Waals surface area contributed by atoms with E-state index in [1.54, 1.807) is 41.3 Å². The van der Waals surface area contributed by atoms with Gasteiger partial charge in [-0.25, -0.2) is 0 Å². The van der Waals surface area contributed by atoms with Gasteiger partial charge in [-0.05, 0) is 67.4 Å². The lowest BCUT2D eigenvalue weighted by Gasteiger charge is -2.17.